The van der Waals surface area contributed by atoms with Crippen molar-refractivity contribution in [3.63, 3.8) is 0 Å². The molecule has 0 radical (unpaired) electrons. The van der Waals surface area contributed by atoms with E-state index in [4.69, 9.17) is 4.74 Å². The van der Waals surface area contributed by atoms with Gasteiger partial charge in [-0.3, -0.25) is 4.79 Å². The zero-order valence-electron chi connectivity index (χ0n) is 10.1. The molecule has 0 bridgehead atoms. The van der Waals surface area contributed by atoms with Gasteiger partial charge in [0.1, 0.15) is 12.4 Å². The number of allylic oxidation sites excluding steroid dienone is 1. The maximum atomic E-state index is 11.0. The van der Waals surface area contributed by atoms with E-state index in [0.717, 1.165) is 10.2 Å². The summed E-state index contributed by atoms with van der Waals surface area (Å²) >= 11 is 3.36. The Morgan fingerprint density at radius 2 is 2.33 bits per heavy atom. The fourth-order valence-electron chi connectivity index (χ4n) is 1.13. The Hall–Kier alpha value is -1.73. The molecule has 1 N–H and O–H groups in total. The molecule has 0 aromatic heterocycles. The van der Waals surface area contributed by atoms with Gasteiger partial charge in [-0.1, -0.05) is 39.9 Å². The lowest BCUT2D eigenvalue weighted by atomic mass is 10.3. The molecule has 0 unspecified atom stereocenters. The molecule has 0 aliphatic rings. The fraction of sp³-hybridized carbons (Fsp3) is 0.214. The number of amides is 1. The predicted molar refractivity (Wildman–Crippen MR) is 75.2 cm³/mol. The third kappa shape index (κ3) is 6.12. The molecule has 0 heterocycles. The van der Waals surface area contributed by atoms with Gasteiger partial charge in [-0.2, -0.15) is 0 Å². The lowest BCUT2D eigenvalue weighted by molar-refractivity contribution is -0.116. The van der Waals surface area contributed by atoms with Crippen molar-refractivity contribution in [3.05, 3.63) is 40.9 Å². The van der Waals surface area contributed by atoms with E-state index in [9.17, 15) is 4.79 Å². The summed E-state index contributed by atoms with van der Waals surface area (Å²) in [6, 6.07) is 7.55. The van der Waals surface area contributed by atoms with E-state index in [1.54, 1.807) is 13.0 Å². The molecule has 1 aromatic rings. The zero-order chi connectivity index (χ0) is 13.2. The van der Waals surface area contributed by atoms with Gasteiger partial charge in [-0.15, -0.1) is 0 Å². The number of hydrogen-bond donors (Lipinski definition) is 1. The molecule has 0 saturated heterocycles. The van der Waals surface area contributed by atoms with Crippen molar-refractivity contribution in [1.29, 1.82) is 0 Å². The van der Waals surface area contributed by atoms with E-state index in [1.165, 1.54) is 6.08 Å². The predicted octanol–water partition coefficient (Wildman–Crippen LogP) is 2.52. The normalized spacial score (nSPS) is 9.67. The van der Waals surface area contributed by atoms with Crippen molar-refractivity contribution >= 4 is 21.8 Å². The molecule has 1 rings (SSSR count). The Labute approximate surface area is 115 Å². The van der Waals surface area contributed by atoms with Crippen molar-refractivity contribution in [2.75, 3.05) is 13.2 Å². The van der Waals surface area contributed by atoms with Crippen LogP contribution >= 0.6 is 15.9 Å². The molecule has 0 aliphatic carbocycles. The molecule has 94 valence electrons. The number of carbonyl (C=O) groups excluding carboxylic acids is 1. The first-order valence-corrected chi connectivity index (χ1v) is 6.26. The minimum absolute atomic E-state index is 0.139. The number of halogens is 1. The Bertz CT molecular complexity index is 486. The molecule has 18 heavy (non-hydrogen) atoms. The molecule has 0 spiro atoms. The van der Waals surface area contributed by atoms with Gasteiger partial charge in [0.05, 0.1) is 6.54 Å². The van der Waals surface area contributed by atoms with Crippen LogP contribution in [-0.4, -0.2) is 19.1 Å². The van der Waals surface area contributed by atoms with Gasteiger partial charge in [0.25, 0.3) is 0 Å². The molecule has 0 fully saturated rings. The molecule has 4 heteroatoms. The number of hydrogen-bond acceptors (Lipinski definition) is 2. The second-order valence-electron chi connectivity index (χ2n) is 3.32. The van der Waals surface area contributed by atoms with Gasteiger partial charge in [0, 0.05) is 4.47 Å². The first kappa shape index (κ1) is 14.3. The number of benzene rings is 1. The Morgan fingerprint density at radius 1 is 1.50 bits per heavy atom. The highest BCUT2D eigenvalue weighted by Gasteiger charge is 1.92. The van der Waals surface area contributed by atoms with Gasteiger partial charge in [-0.25, -0.2) is 0 Å². The second-order valence-corrected chi connectivity index (χ2v) is 4.23. The standard InChI is InChI=1S/C14H14BrNO2/c1-2-6-14(17)16-9-3-4-10-18-13-8-5-7-12(15)11-13/h2,5-8,11H,9-10H2,1H3,(H,16,17)/b6-2+. The van der Waals surface area contributed by atoms with Crippen molar-refractivity contribution in [2.24, 2.45) is 0 Å². The molecule has 0 saturated carbocycles. The van der Waals surface area contributed by atoms with Gasteiger partial charge in [-0.05, 0) is 31.2 Å². The van der Waals surface area contributed by atoms with Crippen LogP contribution in [0.25, 0.3) is 0 Å². The van der Waals surface area contributed by atoms with Crippen LogP contribution in [0.4, 0.5) is 0 Å². The van der Waals surface area contributed by atoms with Gasteiger partial charge in [0.15, 0.2) is 0 Å². The van der Waals surface area contributed by atoms with Gasteiger partial charge >= 0.3 is 0 Å². The minimum Gasteiger partial charge on any atom is -0.481 e. The van der Waals surface area contributed by atoms with Crippen molar-refractivity contribution < 1.29 is 9.53 Å². The first-order valence-electron chi connectivity index (χ1n) is 5.47. The molecule has 0 atom stereocenters. The lowest BCUT2D eigenvalue weighted by Gasteiger charge is -2.01. The SMILES string of the molecule is C/C=C/C(=O)NCC#CCOc1cccc(Br)c1. The molecule has 0 aliphatic heterocycles. The Kier molecular flexibility index (Phi) is 6.67. The molecule has 3 nitrogen and oxygen atoms in total. The summed E-state index contributed by atoms with van der Waals surface area (Å²) in [7, 11) is 0. The number of rotatable bonds is 4. The maximum absolute atomic E-state index is 11.0. The number of ether oxygens (including phenoxy) is 1. The number of nitrogens with one attached hydrogen (secondary N) is 1. The van der Waals surface area contributed by atoms with Crippen LogP contribution in [0, 0.1) is 11.8 Å². The highest BCUT2D eigenvalue weighted by molar-refractivity contribution is 9.10. The summed E-state index contributed by atoms with van der Waals surface area (Å²) in [5, 5.41) is 2.63. The average Bonchev–Trinajstić information content (AvgIpc) is 2.34. The summed E-state index contributed by atoms with van der Waals surface area (Å²) in [6.45, 7) is 2.41. The van der Waals surface area contributed by atoms with Crippen LogP contribution < -0.4 is 10.1 Å². The smallest absolute Gasteiger partial charge is 0.244 e. The van der Waals surface area contributed by atoms with Crippen LogP contribution in [0.2, 0.25) is 0 Å². The third-order valence-electron chi connectivity index (χ3n) is 1.90. The van der Waals surface area contributed by atoms with Crippen LogP contribution in [0.15, 0.2) is 40.9 Å². The summed E-state index contributed by atoms with van der Waals surface area (Å²) in [5.41, 5.74) is 0. The summed E-state index contributed by atoms with van der Waals surface area (Å²) in [5.74, 6) is 6.25. The quantitative estimate of drug-likeness (QED) is 0.686. The summed E-state index contributed by atoms with van der Waals surface area (Å²) in [6.07, 6.45) is 3.14. The van der Waals surface area contributed by atoms with Crippen LogP contribution in [0.1, 0.15) is 6.92 Å². The van der Waals surface area contributed by atoms with E-state index in [1.807, 2.05) is 24.3 Å². The Balaban J connectivity index is 2.24. The van der Waals surface area contributed by atoms with Gasteiger partial charge < -0.3 is 10.1 Å². The molecular weight excluding hydrogens is 294 g/mol. The van der Waals surface area contributed by atoms with E-state index >= 15 is 0 Å². The molecule has 1 amide bonds. The van der Waals surface area contributed by atoms with E-state index in [0.29, 0.717) is 13.2 Å². The third-order valence-corrected chi connectivity index (χ3v) is 2.39. The monoisotopic (exact) mass is 307 g/mol. The topological polar surface area (TPSA) is 38.3 Å². The minimum atomic E-state index is -0.139. The highest BCUT2D eigenvalue weighted by atomic mass is 79.9. The number of carbonyl (C=O) groups is 1. The maximum Gasteiger partial charge on any atom is 0.244 e. The van der Waals surface area contributed by atoms with E-state index in [2.05, 4.69) is 33.1 Å². The zero-order valence-corrected chi connectivity index (χ0v) is 11.7. The molecule has 1 aromatic carbocycles. The molecular formula is C14H14BrNO2. The lowest BCUT2D eigenvalue weighted by Crippen LogP contribution is -2.21. The summed E-state index contributed by atoms with van der Waals surface area (Å²) < 4.78 is 6.38. The first-order chi connectivity index (χ1) is 8.72. The fourth-order valence-corrected chi connectivity index (χ4v) is 1.51. The Morgan fingerprint density at radius 3 is 3.06 bits per heavy atom. The van der Waals surface area contributed by atoms with Gasteiger partial charge in [0.2, 0.25) is 5.91 Å². The van der Waals surface area contributed by atoms with Crippen LogP contribution in [-0.2, 0) is 4.79 Å². The van der Waals surface area contributed by atoms with E-state index in [-0.39, 0.29) is 5.91 Å². The highest BCUT2D eigenvalue weighted by Crippen LogP contribution is 2.17. The van der Waals surface area contributed by atoms with Crippen LogP contribution in [0.5, 0.6) is 5.75 Å². The van der Waals surface area contributed by atoms with Crippen LogP contribution in [0.3, 0.4) is 0 Å². The second kappa shape index (κ2) is 8.37. The summed E-state index contributed by atoms with van der Waals surface area (Å²) in [4.78, 5) is 11.0. The van der Waals surface area contributed by atoms with E-state index < -0.39 is 0 Å². The van der Waals surface area contributed by atoms with Crippen molar-refractivity contribution in [1.82, 2.24) is 5.32 Å². The largest absolute Gasteiger partial charge is 0.481 e. The average molecular weight is 308 g/mol. The van der Waals surface area contributed by atoms with Crippen molar-refractivity contribution in [2.45, 2.75) is 6.92 Å². The van der Waals surface area contributed by atoms with Crippen molar-refractivity contribution in [3.8, 4) is 17.6 Å².